The number of rotatable bonds is 5. The first kappa shape index (κ1) is 19.8. The molecule has 2 aliphatic heterocycles. The molecule has 2 aromatic heterocycles. The molecule has 1 fully saturated rings. The van der Waals surface area contributed by atoms with Crippen LogP contribution in [-0.2, 0) is 13.0 Å². The summed E-state index contributed by atoms with van der Waals surface area (Å²) >= 11 is 0. The van der Waals surface area contributed by atoms with Gasteiger partial charge in [-0.3, -0.25) is 15.0 Å². The Hall–Kier alpha value is -3.19. The Labute approximate surface area is 181 Å². The first-order valence-corrected chi connectivity index (χ1v) is 10.9. The van der Waals surface area contributed by atoms with E-state index in [0.29, 0.717) is 0 Å². The van der Waals surface area contributed by atoms with Crippen LogP contribution in [0.2, 0.25) is 0 Å². The average molecular weight is 418 g/mol. The van der Waals surface area contributed by atoms with E-state index in [4.69, 9.17) is 0 Å². The number of allylic oxidation sites excluding steroid dienone is 1. The Kier molecular flexibility index (Phi) is 4.98. The zero-order chi connectivity index (χ0) is 21.5. The summed E-state index contributed by atoms with van der Waals surface area (Å²) in [6.07, 6.45) is 6.88. The van der Waals surface area contributed by atoms with E-state index in [-0.39, 0.29) is 10.6 Å². The van der Waals surface area contributed by atoms with E-state index in [9.17, 15) is 10.1 Å². The molecule has 0 saturated carbocycles. The lowest BCUT2D eigenvalue weighted by Gasteiger charge is -2.35. The Morgan fingerprint density at radius 1 is 1.13 bits per heavy atom. The van der Waals surface area contributed by atoms with Gasteiger partial charge in [0.1, 0.15) is 5.82 Å². The van der Waals surface area contributed by atoms with Gasteiger partial charge in [0.25, 0.3) is 5.69 Å². The van der Waals surface area contributed by atoms with Gasteiger partial charge in [0, 0.05) is 74.2 Å². The maximum absolute atomic E-state index is 11.5. The maximum atomic E-state index is 11.5. The molecular formula is C24H27N5O2. The third kappa shape index (κ3) is 3.59. The standard InChI is InChI=1S/C24H27N5O2/c1-17-5-7-25-23(14-17)27-12-10-26(11-13-27)9-6-21-18(2)28-8-3-4-19-15-20(29(30)31)16-22(21)24(19)28/h3-5,7,14-16H,6,8-13H2,1-2H3. The van der Waals surface area contributed by atoms with Crippen LogP contribution >= 0.6 is 0 Å². The van der Waals surface area contributed by atoms with Crippen molar-refractivity contribution in [2.24, 2.45) is 0 Å². The van der Waals surface area contributed by atoms with Gasteiger partial charge in [-0.15, -0.1) is 0 Å². The minimum Gasteiger partial charge on any atom is -0.354 e. The van der Waals surface area contributed by atoms with Gasteiger partial charge >= 0.3 is 0 Å². The number of pyridine rings is 1. The summed E-state index contributed by atoms with van der Waals surface area (Å²) in [5, 5.41) is 12.5. The Morgan fingerprint density at radius 2 is 1.94 bits per heavy atom. The van der Waals surface area contributed by atoms with Crippen LogP contribution in [0.5, 0.6) is 0 Å². The summed E-state index contributed by atoms with van der Waals surface area (Å²) in [6.45, 7) is 9.97. The number of anilines is 1. The van der Waals surface area contributed by atoms with Crippen LogP contribution in [0.1, 0.15) is 22.4 Å². The number of nitrogens with zero attached hydrogens (tertiary/aromatic N) is 5. The summed E-state index contributed by atoms with van der Waals surface area (Å²) < 4.78 is 2.30. The second-order valence-electron chi connectivity index (χ2n) is 8.54. The van der Waals surface area contributed by atoms with Gasteiger partial charge in [0.15, 0.2) is 0 Å². The first-order chi connectivity index (χ1) is 15.0. The van der Waals surface area contributed by atoms with Crippen molar-refractivity contribution in [3.8, 4) is 0 Å². The summed E-state index contributed by atoms with van der Waals surface area (Å²) in [4.78, 5) is 20.5. The topological polar surface area (TPSA) is 67.4 Å². The van der Waals surface area contributed by atoms with E-state index in [1.54, 1.807) is 12.1 Å². The second-order valence-corrected chi connectivity index (χ2v) is 8.54. The summed E-state index contributed by atoms with van der Waals surface area (Å²) in [7, 11) is 0. The highest BCUT2D eigenvalue weighted by Crippen LogP contribution is 2.35. The van der Waals surface area contributed by atoms with Gasteiger partial charge in [0.05, 0.1) is 10.4 Å². The molecule has 0 bridgehead atoms. The van der Waals surface area contributed by atoms with Gasteiger partial charge in [-0.2, -0.15) is 0 Å². The average Bonchev–Trinajstić information content (AvgIpc) is 3.05. The molecule has 1 aromatic carbocycles. The van der Waals surface area contributed by atoms with Crippen LogP contribution in [0.4, 0.5) is 11.5 Å². The molecule has 31 heavy (non-hydrogen) atoms. The third-order valence-electron chi connectivity index (χ3n) is 6.63. The summed E-state index contributed by atoms with van der Waals surface area (Å²) in [5.41, 5.74) is 5.96. The SMILES string of the molecule is Cc1ccnc(N2CCN(CCc3c(C)n4c5c(cc([N+](=O)[O-])cc35)C=CC4)CC2)c1. The number of benzene rings is 1. The normalized spacial score (nSPS) is 16.3. The monoisotopic (exact) mass is 417 g/mol. The van der Waals surface area contributed by atoms with Crippen molar-refractivity contribution in [1.82, 2.24) is 14.5 Å². The van der Waals surface area contributed by atoms with Crippen LogP contribution in [0.3, 0.4) is 0 Å². The molecule has 0 amide bonds. The summed E-state index contributed by atoms with van der Waals surface area (Å²) in [5.74, 6) is 1.06. The van der Waals surface area contributed by atoms with Crippen molar-refractivity contribution in [2.75, 3.05) is 37.6 Å². The van der Waals surface area contributed by atoms with Crippen LogP contribution in [0.15, 0.2) is 36.5 Å². The van der Waals surface area contributed by atoms with Gasteiger partial charge < -0.3 is 9.47 Å². The molecule has 5 rings (SSSR count). The molecular weight excluding hydrogens is 390 g/mol. The van der Waals surface area contributed by atoms with Crippen molar-refractivity contribution in [3.63, 3.8) is 0 Å². The highest BCUT2D eigenvalue weighted by Gasteiger charge is 2.23. The van der Waals surface area contributed by atoms with Gasteiger partial charge in [-0.25, -0.2) is 4.98 Å². The number of aryl methyl sites for hydroxylation is 1. The van der Waals surface area contributed by atoms with E-state index in [0.717, 1.165) is 68.0 Å². The zero-order valence-corrected chi connectivity index (χ0v) is 18.0. The number of nitro groups is 1. The summed E-state index contributed by atoms with van der Waals surface area (Å²) in [6, 6.07) is 7.63. The zero-order valence-electron chi connectivity index (χ0n) is 18.0. The number of non-ortho nitro benzene ring substituents is 1. The van der Waals surface area contributed by atoms with Gasteiger partial charge in [-0.05, 0) is 43.5 Å². The molecule has 0 N–H and O–H groups in total. The fourth-order valence-electron chi connectivity index (χ4n) is 4.92. The lowest BCUT2D eigenvalue weighted by atomic mass is 10.0. The number of hydrogen-bond donors (Lipinski definition) is 0. The molecule has 0 spiro atoms. The van der Waals surface area contributed by atoms with Crippen LogP contribution in [0.25, 0.3) is 17.0 Å². The minimum atomic E-state index is -0.284. The molecule has 0 radical (unpaired) electrons. The molecule has 4 heterocycles. The molecule has 2 aliphatic rings. The van der Waals surface area contributed by atoms with Gasteiger partial charge in [-0.1, -0.05) is 12.2 Å². The van der Waals surface area contributed by atoms with Crippen LogP contribution in [0, 0.1) is 24.0 Å². The largest absolute Gasteiger partial charge is 0.354 e. The Morgan fingerprint density at radius 3 is 2.68 bits per heavy atom. The van der Waals surface area contributed by atoms with Crippen molar-refractivity contribution in [1.29, 1.82) is 0 Å². The fourth-order valence-corrected chi connectivity index (χ4v) is 4.92. The Balaban J connectivity index is 1.33. The maximum Gasteiger partial charge on any atom is 0.270 e. The van der Waals surface area contributed by atoms with Gasteiger partial charge in [0.2, 0.25) is 0 Å². The van der Waals surface area contributed by atoms with E-state index >= 15 is 0 Å². The Bertz CT molecular complexity index is 1190. The van der Waals surface area contributed by atoms with E-state index in [1.807, 2.05) is 18.3 Å². The van der Waals surface area contributed by atoms with Crippen LogP contribution in [-0.4, -0.2) is 52.1 Å². The van der Waals surface area contributed by atoms with Crippen molar-refractivity contribution < 1.29 is 4.92 Å². The highest BCUT2D eigenvalue weighted by atomic mass is 16.6. The predicted octanol–water partition coefficient (Wildman–Crippen LogP) is 3.95. The lowest BCUT2D eigenvalue weighted by molar-refractivity contribution is -0.384. The number of aromatic nitrogens is 2. The van der Waals surface area contributed by atoms with Crippen molar-refractivity contribution >= 4 is 28.5 Å². The minimum absolute atomic E-state index is 0.173. The molecule has 0 aliphatic carbocycles. The second kappa shape index (κ2) is 7.81. The number of piperazine rings is 1. The van der Waals surface area contributed by atoms with E-state index in [1.165, 1.54) is 16.8 Å². The van der Waals surface area contributed by atoms with Crippen molar-refractivity contribution in [2.45, 2.75) is 26.8 Å². The fraction of sp³-hybridized carbons (Fsp3) is 0.375. The quantitative estimate of drug-likeness (QED) is 0.464. The van der Waals surface area contributed by atoms with E-state index in [2.05, 4.69) is 45.3 Å². The molecule has 1 saturated heterocycles. The van der Waals surface area contributed by atoms with Crippen molar-refractivity contribution in [3.05, 3.63) is 69.0 Å². The molecule has 7 nitrogen and oxygen atoms in total. The van der Waals surface area contributed by atoms with E-state index < -0.39 is 0 Å². The van der Waals surface area contributed by atoms with Crippen LogP contribution < -0.4 is 4.90 Å². The molecule has 0 unspecified atom stereocenters. The smallest absolute Gasteiger partial charge is 0.270 e. The number of hydrogen-bond acceptors (Lipinski definition) is 5. The number of nitro benzene ring substituents is 1. The lowest BCUT2D eigenvalue weighted by Crippen LogP contribution is -2.47. The molecule has 0 atom stereocenters. The first-order valence-electron chi connectivity index (χ1n) is 10.9. The molecule has 160 valence electrons. The molecule has 3 aromatic rings. The molecule has 7 heteroatoms. The third-order valence-corrected chi connectivity index (χ3v) is 6.63. The highest BCUT2D eigenvalue weighted by molar-refractivity contribution is 5.95. The predicted molar refractivity (Wildman–Crippen MR) is 124 cm³/mol.